The van der Waals surface area contributed by atoms with Gasteiger partial charge in [-0.3, -0.25) is 0 Å². The Morgan fingerprint density at radius 2 is 1.78 bits per heavy atom. The van der Waals surface area contributed by atoms with Crippen LogP contribution in [0.4, 0.5) is 13.2 Å². The summed E-state index contributed by atoms with van der Waals surface area (Å²) >= 11 is 0. The van der Waals surface area contributed by atoms with Crippen LogP contribution < -0.4 is 5.73 Å². The minimum Gasteiger partial charge on any atom is -0.378 e. The van der Waals surface area contributed by atoms with Crippen LogP contribution in [0.5, 0.6) is 0 Å². The Hall–Kier alpha value is -0.0000000000000000555. The van der Waals surface area contributed by atoms with Gasteiger partial charge < -0.3 is 10.8 Å². The van der Waals surface area contributed by atoms with Gasteiger partial charge in [0.05, 0.1) is 6.42 Å². The lowest BCUT2D eigenvalue weighted by Gasteiger charge is -2.06. The van der Waals surface area contributed by atoms with E-state index in [0.717, 1.165) is 0 Å². The molecule has 0 aliphatic heterocycles. The van der Waals surface area contributed by atoms with Gasteiger partial charge >= 0.3 is 6.18 Å². The number of hydrogen-bond donors (Lipinski definition) is 2. The highest BCUT2D eigenvalue weighted by atomic mass is 35.5. The van der Waals surface area contributed by atoms with Crippen molar-refractivity contribution in [1.29, 1.82) is 0 Å². The third-order valence-corrected chi connectivity index (χ3v) is 0.441. The highest BCUT2D eigenvalue weighted by Crippen LogP contribution is 2.19. The summed E-state index contributed by atoms with van der Waals surface area (Å²) in [5.41, 5.74) is 4.41. The molecule has 1 atom stereocenters. The zero-order valence-electron chi connectivity index (χ0n) is 4.35. The van der Waals surface area contributed by atoms with E-state index in [2.05, 4.69) is 5.73 Å². The summed E-state index contributed by atoms with van der Waals surface area (Å²) < 4.78 is 33.2. The van der Waals surface area contributed by atoms with E-state index in [1.54, 1.807) is 0 Å². The van der Waals surface area contributed by atoms with Crippen LogP contribution in [0.25, 0.3) is 0 Å². The van der Waals surface area contributed by atoms with Crippen LogP contribution >= 0.6 is 12.4 Å². The van der Waals surface area contributed by atoms with Crippen molar-refractivity contribution in [3.63, 3.8) is 0 Å². The molecule has 3 N–H and O–H groups in total. The molecule has 0 heterocycles. The van der Waals surface area contributed by atoms with Gasteiger partial charge in [0.1, 0.15) is 6.23 Å². The molecule has 2 nitrogen and oxygen atoms in total. The van der Waals surface area contributed by atoms with Crippen molar-refractivity contribution in [2.75, 3.05) is 0 Å². The highest BCUT2D eigenvalue weighted by Gasteiger charge is 2.29. The predicted octanol–water partition coefficient (Wildman–Crippen LogP) is 0.638. The molecule has 0 aromatic heterocycles. The lowest BCUT2D eigenvalue weighted by atomic mass is 10.4. The van der Waals surface area contributed by atoms with Gasteiger partial charge in [0, 0.05) is 0 Å². The number of rotatable bonds is 1. The molecule has 0 bridgehead atoms. The van der Waals surface area contributed by atoms with Crippen LogP contribution in [0.15, 0.2) is 0 Å². The Labute approximate surface area is 56.3 Å². The minimum absolute atomic E-state index is 0. The first-order valence-corrected chi connectivity index (χ1v) is 1.92. The quantitative estimate of drug-likeness (QED) is 0.560. The van der Waals surface area contributed by atoms with Gasteiger partial charge in [-0.25, -0.2) is 0 Å². The van der Waals surface area contributed by atoms with Crippen LogP contribution in [-0.4, -0.2) is 17.5 Å². The molecule has 0 rings (SSSR count). The van der Waals surface area contributed by atoms with Crippen molar-refractivity contribution in [3.8, 4) is 0 Å². The van der Waals surface area contributed by atoms with E-state index < -0.39 is 18.8 Å². The van der Waals surface area contributed by atoms with E-state index >= 15 is 0 Å². The Morgan fingerprint density at radius 3 is 1.78 bits per heavy atom. The maximum absolute atomic E-state index is 11.1. The van der Waals surface area contributed by atoms with Crippen molar-refractivity contribution in [2.24, 2.45) is 5.73 Å². The molecule has 0 aromatic carbocycles. The molecule has 0 aliphatic rings. The Bertz CT molecular complexity index is 73.9. The maximum Gasteiger partial charge on any atom is 0.392 e. The number of nitrogens with two attached hydrogens (primary N) is 1. The standard InChI is InChI=1S/C3H6F3NO.ClH/c4-3(5,6)1-2(7)8;/h2,8H,1,7H2;1H. The zero-order chi connectivity index (χ0) is 6.78. The summed E-state index contributed by atoms with van der Waals surface area (Å²) in [7, 11) is 0. The van der Waals surface area contributed by atoms with E-state index in [1.807, 2.05) is 0 Å². The van der Waals surface area contributed by atoms with Crippen molar-refractivity contribution < 1.29 is 18.3 Å². The van der Waals surface area contributed by atoms with E-state index in [-0.39, 0.29) is 12.4 Å². The molecule has 9 heavy (non-hydrogen) atoms. The Balaban J connectivity index is 0. The first kappa shape index (κ1) is 11.8. The van der Waals surface area contributed by atoms with Crippen molar-refractivity contribution in [2.45, 2.75) is 18.8 Å². The lowest BCUT2D eigenvalue weighted by Crippen LogP contribution is -2.26. The van der Waals surface area contributed by atoms with Gasteiger partial charge in [0.2, 0.25) is 0 Å². The molecule has 0 aromatic rings. The summed E-state index contributed by atoms with van der Waals surface area (Å²) in [6.07, 6.45) is -7.48. The van der Waals surface area contributed by atoms with E-state index in [1.165, 1.54) is 0 Å². The summed E-state index contributed by atoms with van der Waals surface area (Å²) in [5.74, 6) is 0. The molecule has 0 spiro atoms. The Kier molecular flexibility index (Phi) is 5.12. The molecule has 0 aliphatic carbocycles. The van der Waals surface area contributed by atoms with Gasteiger partial charge in [0.15, 0.2) is 0 Å². The molecule has 58 valence electrons. The van der Waals surface area contributed by atoms with E-state index in [0.29, 0.717) is 0 Å². The third kappa shape index (κ3) is 11.5. The Morgan fingerprint density at radius 1 is 1.44 bits per heavy atom. The highest BCUT2D eigenvalue weighted by molar-refractivity contribution is 5.85. The average Bonchev–Trinajstić information content (AvgIpc) is 1.21. The van der Waals surface area contributed by atoms with Crippen LogP contribution in [0.3, 0.4) is 0 Å². The second-order valence-corrected chi connectivity index (χ2v) is 1.39. The summed E-state index contributed by atoms with van der Waals surface area (Å²) in [4.78, 5) is 0. The molecule has 0 saturated carbocycles. The lowest BCUT2D eigenvalue weighted by molar-refractivity contribution is -0.152. The van der Waals surface area contributed by atoms with Gasteiger partial charge in [-0.1, -0.05) is 0 Å². The predicted molar refractivity (Wildman–Crippen MR) is 28.1 cm³/mol. The fraction of sp³-hybridized carbons (Fsp3) is 1.00. The van der Waals surface area contributed by atoms with Crippen LogP contribution in [0, 0.1) is 0 Å². The topological polar surface area (TPSA) is 46.2 Å². The number of halogens is 4. The molecule has 0 amide bonds. The number of aliphatic hydroxyl groups is 1. The first-order valence-electron chi connectivity index (χ1n) is 1.92. The summed E-state index contributed by atoms with van der Waals surface area (Å²) in [6.45, 7) is 0. The van der Waals surface area contributed by atoms with Gasteiger partial charge in [-0.2, -0.15) is 13.2 Å². The maximum atomic E-state index is 11.1. The average molecular weight is 166 g/mol. The number of alkyl halides is 3. The van der Waals surface area contributed by atoms with E-state index in [9.17, 15) is 13.2 Å². The summed E-state index contributed by atoms with van der Waals surface area (Å²) in [5, 5.41) is 7.95. The largest absolute Gasteiger partial charge is 0.392 e. The molecule has 0 radical (unpaired) electrons. The molecular formula is C3H7ClF3NO. The smallest absolute Gasteiger partial charge is 0.378 e. The normalized spacial score (nSPS) is 14.3. The van der Waals surface area contributed by atoms with Crippen molar-refractivity contribution in [1.82, 2.24) is 0 Å². The number of hydrogen-bond acceptors (Lipinski definition) is 2. The SMILES string of the molecule is Cl.NC(O)CC(F)(F)F. The van der Waals surface area contributed by atoms with Gasteiger partial charge in [-0.05, 0) is 0 Å². The first-order chi connectivity index (χ1) is 3.42. The van der Waals surface area contributed by atoms with Crippen LogP contribution in [0.1, 0.15) is 6.42 Å². The second-order valence-electron chi connectivity index (χ2n) is 1.39. The monoisotopic (exact) mass is 165 g/mol. The van der Waals surface area contributed by atoms with Crippen molar-refractivity contribution >= 4 is 12.4 Å². The van der Waals surface area contributed by atoms with Gasteiger partial charge in [0.25, 0.3) is 0 Å². The molecule has 0 fully saturated rings. The second kappa shape index (κ2) is 3.92. The van der Waals surface area contributed by atoms with Crippen LogP contribution in [-0.2, 0) is 0 Å². The fourth-order valence-corrected chi connectivity index (χ4v) is 0.237. The third-order valence-electron chi connectivity index (χ3n) is 0.441. The van der Waals surface area contributed by atoms with Gasteiger partial charge in [-0.15, -0.1) is 12.4 Å². The molecular weight excluding hydrogens is 158 g/mol. The van der Waals surface area contributed by atoms with Crippen LogP contribution in [0.2, 0.25) is 0 Å². The van der Waals surface area contributed by atoms with E-state index in [4.69, 9.17) is 5.11 Å². The van der Waals surface area contributed by atoms with Crippen molar-refractivity contribution in [3.05, 3.63) is 0 Å². The molecule has 1 unspecified atom stereocenters. The molecule has 6 heteroatoms. The molecule has 0 saturated heterocycles. The number of aliphatic hydroxyl groups excluding tert-OH is 1. The zero-order valence-corrected chi connectivity index (χ0v) is 5.17. The fourth-order valence-electron chi connectivity index (χ4n) is 0.237. The minimum atomic E-state index is -4.35. The summed E-state index contributed by atoms with van der Waals surface area (Å²) in [6, 6.07) is 0.